The zero-order chi connectivity index (χ0) is 25.5. The van der Waals surface area contributed by atoms with Gasteiger partial charge < -0.3 is 14.8 Å². The summed E-state index contributed by atoms with van der Waals surface area (Å²) in [7, 11) is 3.04. The molecule has 4 rings (SSSR count). The fraction of sp³-hybridized carbons (Fsp3) is 0.120. The maximum atomic E-state index is 13.3. The third kappa shape index (κ3) is 4.97. The van der Waals surface area contributed by atoms with Crippen LogP contribution in [0.2, 0.25) is 0 Å². The minimum Gasteiger partial charge on any atom is -0.497 e. The van der Waals surface area contributed by atoms with Crippen LogP contribution in [0.15, 0.2) is 72.2 Å². The van der Waals surface area contributed by atoms with Crippen molar-refractivity contribution in [3.8, 4) is 29.1 Å². The molecule has 178 valence electrons. The predicted molar refractivity (Wildman–Crippen MR) is 129 cm³/mol. The zero-order valence-electron chi connectivity index (χ0n) is 19.2. The van der Waals surface area contributed by atoms with Crippen LogP contribution in [0.25, 0.3) is 11.5 Å². The van der Waals surface area contributed by atoms with Gasteiger partial charge in [0.15, 0.2) is 5.82 Å². The average Bonchev–Trinajstić information content (AvgIpc) is 2.95. The number of benzene rings is 2. The van der Waals surface area contributed by atoms with Gasteiger partial charge in [-0.3, -0.25) is 4.79 Å². The third-order valence-corrected chi connectivity index (χ3v) is 5.30. The van der Waals surface area contributed by atoms with Gasteiger partial charge in [0.25, 0.3) is 5.91 Å². The lowest BCUT2D eigenvalue weighted by Gasteiger charge is -2.22. The van der Waals surface area contributed by atoms with Crippen LogP contribution >= 0.6 is 0 Å². The van der Waals surface area contributed by atoms with Gasteiger partial charge >= 0.3 is 0 Å². The Morgan fingerprint density at radius 1 is 1.11 bits per heavy atom. The highest BCUT2D eigenvalue weighted by Gasteiger charge is 2.25. The number of aromatic nitrogens is 4. The van der Waals surface area contributed by atoms with Crippen molar-refractivity contribution in [2.24, 2.45) is 5.18 Å². The standard InChI is InChI=1S/C25H19N7O4/c1-35-17-9-10-18(21(12-17)36-2)22(16-7-5-15(13-26)6-8-16)29-25(33)19-14-27-24(30-23(19)32-34)20-4-3-11-28-31-20/h3-12,14,22H,1-2H3,(H,29,33). The molecule has 2 aromatic carbocycles. The normalized spacial score (nSPS) is 11.1. The Balaban J connectivity index is 1.74. The van der Waals surface area contributed by atoms with E-state index in [1.54, 1.807) is 54.6 Å². The van der Waals surface area contributed by atoms with E-state index >= 15 is 0 Å². The van der Waals surface area contributed by atoms with Gasteiger partial charge in [0.2, 0.25) is 5.82 Å². The Hall–Kier alpha value is -5.24. The lowest BCUT2D eigenvalue weighted by atomic mass is 9.96. The maximum Gasteiger partial charge on any atom is 0.257 e. The molecule has 1 atom stereocenters. The summed E-state index contributed by atoms with van der Waals surface area (Å²) in [5.41, 5.74) is 1.96. The van der Waals surface area contributed by atoms with Crippen LogP contribution in [-0.2, 0) is 0 Å². The van der Waals surface area contributed by atoms with Gasteiger partial charge in [-0.05, 0) is 47.1 Å². The lowest BCUT2D eigenvalue weighted by Crippen LogP contribution is -2.30. The minimum absolute atomic E-state index is 0.106. The smallest absolute Gasteiger partial charge is 0.257 e. The van der Waals surface area contributed by atoms with Gasteiger partial charge in [-0.25, -0.2) is 9.97 Å². The molecule has 0 aliphatic carbocycles. The molecule has 0 aliphatic heterocycles. The summed E-state index contributed by atoms with van der Waals surface area (Å²) in [6.45, 7) is 0. The molecule has 1 amide bonds. The number of methoxy groups -OCH3 is 2. The van der Waals surface area contributed by atoms with E-state index < -0.39 is 11.9 Å². The summed E-state index contributed by atoms with van der Waals surface area (Å²) in [6.07, 6.45) is 2.70. The quantitative estimate of drug-likeness (QED) is 0.371. The van der Waals surface area contributed by atoms with Crippen LogP contribution in [0.5, 0.6) is 11.5 Å². The molecule has 0 aliphatic rings. The van der Waals surface area contributed by atoms with Crippen LogP contribution in [-0.4, -0.2) is 40.3 Å². The van der Waals surface area contributed by atoms with Crippen LogP contribution in [0, 0.1) is 16.2 Å². The molecular formula is C25H19N7O4. The summed E-state index contributed by atoms with van der Waals surface area (Å²) in [5.74, 6) is 0.161. The van der Waals surface area contributed by atoms with Crippen molar-refractivity contribution >= 4 is 11.7 Å². The van der Waals surface area contributed by atoms with E-state index in [2.05, 4.69) is 36.7 Å². The van der Waals surface area contributed by atoms with Crippen molar-refractivity contribution in [1.29, 1.82) is 5.26 Å². The second kappa shape index (κ2) is 10.8. The van der Waals surface area contributed by atoms with E-state index in [1.165, 1.54) is 26.6 Å². The third-order valence-electron chi connectivity index (χ3n) is 5.30. The van der Waals surface area contributed by atoms with Crippen molar-refractivity contribution in [1.82, 2.24) is 25.5 Å². The van der Waals surface area contributed by atoms with E-state index in [0.29, 0.717) is 33.9 Å². The molecule has 4 aromatic rings. The summed E-state index contributed by atoms with van der Waals surface area (Å²) in [5, 5.41) is 22.7. The number of hydrogen-bond acceptors (Lipinski definition) is 10. The van der Waals surface area contributed by atoms with Crippen molar-refractivity contribution in [3.05, 3.63) is 94.2 Å². The Labute approximate surface area is 205 Å². The molecule has 11 nitrogen and oxygen atoms in total. The first-order valence-electron chi connectivity index (χ1n) is 10.6. The van der Waals surface area contributed by atoms with Crippen LogP contribution in [0.3, 0.4) is 0 Å². The Bertz CT molecular complexity index is 1440. The maximum absolute atomic E-state index is 13.3. The number of carbonyl (C=O) groups is 1. The van der Waals surface area contributed by atoms with Crippen molar-refractivity contribution in [2.75, 3.05) is 14.2 Å². The molecule has 11 heteroatoms. The number of nitroso groups, excluding NO2 is 1. The van der Waals surface area contributed by atoms with E-state index in [0.717, 1.165) is 0 Å². The molecule has 0 saturated carbocycles. The molecule has 0 spiro atoms. The molecule has 0 bridgehead atoms. The number of amides is 1. The van der Waals surface area contributed by atoms with Crippen LogP contribution in [0.1, 0.15) is 33.1 Å². The minimum atomic E-state index is -0.717. The Morgan fingerprint density at radius 2 is 1.92 bits per heavy atom. The largest absolute Gasteiger partial charge is 0.497 e. The second-order valence-corrected chi connectivity index (χ2v) is 7.38. The SMILES string of the molecule is COc1ccc(C(NC(=O)c2cnc(-c3cccnn3)nc2N=O)c2ccc(C#N)cc2)c(OC)c1. The number of rotatable bonds is 8. The average molecular weight is 481 g/mol. The van der Waals surface area contributed by atoms with Gasteiger partial charge in [0.05, 0.1) is 31.9 Å². The molecule has 1 N–H and O–H groups in total. The van der Waals surface area contributed by atoms with Crippen LogP contribution in [0.4, 0.5) is 5.82 Å². The fourth-order valence-corrected chi connectivity index (χ4v) is 3.50. The molecular weight excluding hydrogens is 462 g/mol. The first kappa shape index (κ1) is 23.9. The summed E-state index contributed by atoms with van der Waals surface area (Å²) < 4.78 is 10.8. The van der Waals surface area contributed by atoms with E-state index in [9.17, 15) is 9.70 Å². The first-order valence-corrected chi connectivity index (χ1v) is 10.6. The van der Waals surface area contributed by atoms with Gasteiger partial charge in [-0.2, -0.15) is 10.4 Å². The topological polar surface area (TPSA) is 152 Å². The van der Waals surface area contributed by atoms with E-state index in [4.69, 9.17) is 14.7 Å². The summed E-state index contributed by atoms with van der Waals surface area (Å²) >= 11 is 0. The molecule has 0 fully saturated rings. The van der Waals surface area contributed by atoms with Crippen molar-refractivity contribution in [2.45, 2.75) is 6.04 Å². The fourth-order valence-electron chi connectivity index (χ4n) is 3.50. The highest BCUT2D eigenvalue weighted by molar-refractivity contribution is 5.98. The van der Waals surface area contributed by atoms with Gasteiger partial charge in [-0.1, -0.05) is 12.1 Å². The first-order chi connectivity index (χ1) is 17.6. The highest BCUT2D eigenvalue weighted by atomic mass is 16.5. The summed E-state index contributed by atoms with van der Waals surface area (Å²) in [4.78, 5) is 33.1. The molecule has 0 saturated heterocycles. The molecule has 0 radical (unpaired) electrons. The lowest BCUT2D eigenvalue weighted by molar-refractivity contribution is 0.0942. The monoisotopic (exact) mass is 481 g/mol. The molecule has 2 heterocycles. The number of nitrogens with zero attached hydrogens (tertiary/aromatic N) is 6. The van der Waals surface area contributed by atoms with Gasteiger partial charge in [0, 0.05) is 24.0 Å². The Kier molecular flexibility index (Phi) is 7.17. The predicted octanol–water partition coefficient (Wildman–Crippen LogP) is 3.74. The van der Waals surface area contributed by atoms with E-state index in [1.807, 2.05) is 0 Å². The molecule has 1 unspecified atom stereocenters. The molecule has 36 heavy (non-hydrogen) atoms. The molecule has 2 aromatic heterocycles. The van der Waals surface area contributed by atoms with Crippen LogP contribution < -0.4 is 14.8 Å². The zero-order valence-corrected chi connectivity index (χ0v) is 19.2. The number of nitrogens with one attached hydrogen (secondary N) is 1. The number of ether oxygens (including phenoxy) is 2. The van der Waals surface area contributed by atoms with Gasteiger partial charge in [0.1, 0.15) is 22.8 Å². The van der Waals surface area contributed by atoms with Crippen molar-refractivity contribution < 1.29 is 14.3 Å². The van der Waals surface area contributed by atoms with Gasteiger partial charge in [-0.15, -0.1) is 10.0 Å². The summed E-state index contributed by atoms with van der Waals surface area (Å²) in [6, 6.07) is 16.5. The Morgan fingerprint density at radius 3 is 2.56 bits per heavy atom. The number of carbonyl (C=O) groups excluding carboxylic acids is 1. The van der Waals surface area contributed by atoms with E-state index in [-0.39, 0.29) is 17.2 Å². The number of nitriles is 1. The second-order valence-electron chi connectivity index (χ2n) is 7.38. The highest BCUT2D eigenvalue weighted by Crippen LogP contribution is 2.34. The number of hydrogen-bond donors (Lipinski definition) is 1. The van der Waals surface area contributed by atoms with Crippen molar-refractivity contribution in [3.63, 3.8) is 0 Å².